The van der Waals surface area contributed by atoms with E-state index in [1.54, 1.807) is 18.4 Å². The van der Waals surface area contributed by atoms with Gasteiger partial charge in [0.25, 0.3) is 5.91 Å². The van der Waals surface area contributed by atoms with Gasteiger partial charge in [-0.2, -0.15) is 0 Å². The van der Waals surface area contributed by atoms with Crippen molar-refractivity contribution in [1.29, 1.82) is 0 Å². The fraction of sp³-hybridized carbons (Fsp3) is 0.429. The number of carbonyl (C=O) groups is 2. The molecule has 1 aliphatic heterocycles. The lowest BCUT2D eigenvalue weighted by molar-refractivity contribution is -0.119. The summed E-state index contributed by atoms with van der Waals surface area (Å²) in [6.07, 6.45) is 5.31. The highest BCUT2D eigenvalue weighted by Gasteiger charge is 2.25. The highest BCUT2D eigenvalue weighted by atomic mass is 16.3. The molecule has 1 atom stereocenters. The van der Waals surface area contributed by atoms with Gasteiger partial charge in [0.05, 0.1) is 12.3 Å². The maximum Gasteiger partial charge on any atom is 0.251 e. The van der Waals surface area contributed by atoms with Crippen LogP contribution in [-0.2, 0) is 11.3 Å². The van der Waals surface area contributed by atoms with E-state index in [-0.39, 0.29) is 17.9 Å². The number of likely N-dealkylation sites (tertiary alicyclic amines) is 1. The Kier molecular flexibility index (Phi) is 6.65. The molecule has 2 amide bonds. The average Bonchev–Trinajstić information content (AvgIpc) is 3.22. The predicted octanol–water partition coefficient (Wildman–Crippen LogP) is 2.87. The van der Waals surface area contributed by atoms with E-state index >= 15 is 0 Å². The van der Waals surface area contributed by atoms with Crippen molar-refractivity contribution in [2.75, 3.05) is 19.6 Å². The Bertz CT molecular complexity index is 735. The van der Waals surface area contributed by atoms with Crippen LogP contribution in [0.15, 0.2) is 47.1 Å². The molecule has 0 radical (unpaired) electrons. The number of nitrogens with zero attached hydrogens (tertiary/aromatic N) is 1. The van der Waals surface area contributed by atoms with Gasteiger partial charge in [0.2, 0.25) is 5.91 Å². The third-order valence-electron chi connectivity index (χ3n) is 4.92. The summed E-state index contributed by atoms with van der Waals surface area (Å²) >= 11 is 0. The van der Waals surface area contributed by atoms with Gasteiger partial charge in [-0.15, -0.1) is 0 Å². The standard InChI is InChI=1S/C21H27N3O3/c1-16(25)22-14-17-7-9-18(10-8-17)21(26)23-15-19(20-6-5-13-27-20)24-11-3-2-4-12-24/h5-10,13,19H,2-4,11-12,14-15H2,1H3,(H,22,25)(H,23,26). The van der Waals surface area contributed by atoms with Crippen molar-refractivity contribution >= 4 is 11.8 Å². The van der Waals surface area contributed by atoms with Gasteiger partial charge in [-0.25, -0.2) is 0 Å². The average molecular weight is 369 g/mol. The molecule has 6 nitrogen and oxygen atoms in total. The zero-order chi connectivity index (χ0) is 19.1. The number of amides is 2. The van der Waals surface area contributed by atoms with Crippen LogP contribution < -0.4 is 10.6 Å². The van der Waals surface area contributed by atoms with E-state index in [1.807, 2.05) is 24.3 Å². The van der Waals surface area contributed by atoms with Crippen molar-refractivity contribution in [1.82, 2.24) is 15.5 Å². The molecule has 1 aromatic carbocycles. The predicted molar refractivity (Wildman–Crippen MR) is 103 cm³/mol. The monoisotopic (exact) mass is 369 g/mol. The van der Waals surface area contributed by atoms with E-state index < -0.39 is 0 Å². The third kappa shape index (κ3) is 5.44. The minimum absolute atomic E-state index is 0.0586. The van der Waals surface area contributed by atoms with Crippen LogP contribution in [0.3, 0.4) is 0 Å². The first kappa shape index (κ1) is 19.2. The van der Waals surface area contributed by atoms with Gasteiger partial charge in [0, 0.05) is 25.6 Å². The van der Waals surface area contributed by atoms with Crippen molar-refractivity contribution in [3.63, 3.8) is 0 Å². The number of benzene rings is 1. The lowest BCUT2D eigenvalue weighted by atomic mass is 10.1. The van der Waals surface area contributed by atoms with Crippen LogP contribution in [0.2, 0.25) is 0 Å². The smallest absolute Gasteiger partial charge is 0.251 e. The van der Waals surface area contributed by atoms with E-state index in [0.29, 0.717) is 18.7 Å². The van der Waals surface area contributed by atoms with Crippen LogP contribution in [0, 0.1) is 0 Å². The number of hydrogen-bond donors (Lipinski definition) is 2. The fourth-order valence-electron chi connectivity index (χ4n) is 3.41. The normalized spacial score (nSPS) is 15.9. The second kappa shape index (κ2) is 9.37. The lowest BCUT2D eigenvalue weighted by Crippen LogP contribution is -2.40. The number of piperidine rings is 1. The Hall–Kier alpha value is -2.60. The second-order valence-corrected chi connectivity index (χ2v) is 6.94. The summed E-state index contributed by atoms with van der Waals surface area (Å²) in [5, 5.41) is 5.79. The SMILES string of the molecule is CC(=O)NCc1ccc(C(=O)NCC(c2ccco2)N2CCCCC2)cc1. The van der Waals surface area contributed by atoms with Crippen LogP contribution in [-0.4, -0.2) is 36.3 Å². The van der Waals surface area contributed by atoms with E-state index in [0.717, 1.165) is 24.4 Å². The zero-order valence-corrected chi connectivity index (χ0v) is 15.7. The molecule has 1 saturated heterocycles. The Labute approximate surface area is 159 Å². The molecule has 27 heavy (non-hydrogen) atoms. The largest absolute Gasteiger partial charge is 0.468 e. The topological polar surface area (TPSA) is 74.6 Å². The summed E-state index contributed by atoms with van der Waals surface area (Å²) in [6, 6.07) is 11.2. The summed E-state index contributed by atoms with van der Waals surface area (Å²) in [5.74, 6) is 0.719. The first-order valence-corrected chi connectivity index (χ1v) is 9.52. The van der Waals surface area contributed by atoms with Gasteiger partial charge in [-0.3, -0.25) is 14.5 Å². The molecule has 1 aliphatic rings. The lowest BCUT2D eigenvalue weighted by Gasteiger charge is -2.33. The van der Waals surface area contributed by atoms with Crippen molar-refractivity contribution in [3.8, 4) is 0 Å². The molecule has 1 aromatic heterocycles. The van der Waals surface area contributed by atoms with Gasteiger partial charge in [0.1, 0.15) is 5.76 Å². The number of hydrogen-bond acceptors (Lipinski definition) is 4. The second-order valence-electron chi connectivity index (χ2n) is 6.94. The number of furan rings is 1. The van der Waals surface area contributed by atoms with Crippen LogP contribution in [0.1, 0.15) is 53.9 Å². The van der Waals surface area contributed by atoms with Crippen LogP contribution in [0.5, 0.6) is 0 Å². The first-order chi connectivity index (χ1) is 13.1. The molecule has 1 fully saturated rings. The molecule has 0 aliphatic carbocycles. The summed E-state index contributed by atoms with van der Waals surface area (Å²) < 4.78 is 5.62. The Morgan fingerprint density at radius 2 is 1.81 bits per heavy atom. The molecule has 0 saturated carbocycles. The first-order valence-electron chi connectivity index (χ1n) is 9.52. The minimum atomic E-state index is -0.102. The van der Waals surface area contributed by atoms with Crippen molar-refractivity contribution < 1.29 is 14.0 Å². The molecule has 0 bridgehead atoms. The van der Waals surface area contributed by atoms with E-state index in [2.05, 4.69) is 15.5 Å². The quantitative estimate of drug-likeness (QED) is 0.787. The van der Waals surface area contributed by atoms with Crippen LogP contribution in [0.4, 0.5) is 0 Å². The molecular formula is C21H27N3O3. The van der Waals surface area contributed by atoms with Crippen LogP contribution in [0.25, 0.3) is 0 Å². The highest BCUT2D eigenvalue weighted by Crippen LogP contribution is 2.24. The maximum absolute atomic E-state index is 12.5. The van der Waals surface area contributed by atoms with Crippen LogP contribution >= 0.6 is 0 Å². The van der Waals surface area contributed by atoms with E-state index in [9.17, 15) is 9.59 Å². The van der Waals surface area contributed by atoms with Gasteiger partial charge >= 0.3 is 0 Å². The highest BCUT2D eigenvalue weighted by molar-refractivity contribution is 5.94. The molecule has 3 rings (SSSR count). The van der Waals surface area contributed by atoms with Crippen molar-refractivity contribution in [2.45, 2.75) is 38.8 Å². The van der Waals surface area contributed by atoms with E-state index in [4.69, 9.17) is 4.42 Å². The maximum atomic E-state index is 12.5. The molecule has 2 N–H and O–H groups in total. The van der Waals surface area contributed by atoms with Gasteiger partial charge < -0.3 is 15.1 Å². The molecule has 0 spiro atoms. The number of nitrogens with one attached hydrogen (secondary N) is 2. The zero-order valence-electron chi connectivity index (χ0n) is 15.7. The van der Waals surface area contributed by atoms with Crippen molar-refractivity contribution in [3.05, 3.63) is 59.5 Å². The van der Waals surface area contributed by atoms with Gasteiger partial charge in [0.15, 0.2) is 0 Å². The Morgan fingerprint density at radius 3 is 2.44 bits per heavy atom. The van der Waals surface area contributed by atoms with Crippen molar-refractivity contribution in [2.24, 2.45) is 0 Å². The summed E-state index contributed by atoms with van der Waals surface area (Å²) in [4.78, 5) is 25.9. The minimum Gasteiger partial charge on any atom is -0.468 e. The molecule has 144 valence electrons. The molecular weight excluding hydrogens is 342 g/mol. The summed E-state index contributed by atoms with van der Waals surface area (Å²) in [7, 11) is 0. The van der Waals surface area contributed by atoms with E-state index in [1.165, 1.54) is 26.2 Å². The van der Waals surface area contributed by atoms with Gasteiger partial charge in [-0.1, -0.05) is 18.6 Å². The third-order valence-corrected chi connectivity index (χ3v) is 4.92. The number of rotatable bonds is 7. The summed E-state index contributed by atoms with van der Waals surface area (Å²) in [5.41, 5.74) is 1.57. The molecule has 2 aromatic rings. The summed E-state index contributed by atoms with van der Waals surface area (Å²) in [6.45, 7) is 4.52. The molecule has 6 heteroatoms. The Morgan fingerprint density at radius 1 is 1.07 bits per heavy atom. The fourth-order valence-corrected chi connectivity index (χ4v) is 3.41. The number of carbonyl (C=O) groups excluding carboxylic acids is 2. The van der Waals surface area contributed by atoms with Gasteiger partial charge in [-0.05, 0) is 55.8 Å². The molecule has 2 heterocycles. The Balaban J connectivity index is 1.59. The molecule has 1 unspecified atom stereocenters.